The third-order valence-corrected chi connectivity index (χ3v) is 4.50. The van der Waals surface area contributed by atoms with Crippen molar-refractivity contribution in [1.82, 2.24) is 24.9 Å². The molecule has 3 rings (SSSR count). The van der Waals surface area contributed by atoms with Crippen LogP contribution in [0.1, 0.15) is 41.9 Å². The highest BCUT2D eigenvalue weighted by Gasteiger charge is 2.25. The average Bonchev–Trinajstić information content (AvgIpc) is 3.05. The number of likely N-dealkylation sites (tertiary alicyclic amines) is 1. The summed E-state index contributed by atoms with van der Waals surface area (Å²) in [6, 6.07) is 0.490. The summed E-state index contributed by atoms with van der Waals surface area (Å²) in [5, 5.41) is 3.99. The molecule has 7 heteroatoms. The Kier molecular flexibility index (Phi) is 4.77. The Morgan fingerprint density at radius 2 is 2.09 bits per heavy atom. The van der Waals surface area contributed by atoms with Crippen LogP contribution in [0, 0.1) is 20.8 Å². The summed E-state index contributed by atoms with van der Waals surface area (Å²) < 4.78 is 10.8. The van der Waals surface area contributed by atoms with E-state index in [1.807, 2.05) is 20.8 Å². The third-order valence-electron chi connectivity index (χ3n) is 4.50. The quantitative estimate of drug-likeness (QED) is 0.835. The first-order valence-corrected chi connectivity index (χ1v) is 8.16. The molecule has 1 aliphatic heterocycles. The maximum atomic E-state index is 5.70. The van der Waals surface area contributed by atoms with Gasteiger partial charge in [0.15, 0.2) is 5.82 Å². The standard InChI is InChI=1S/C16H25N5O2/c1-11-12(2)22-16(17-11)10-20(4)14-6-5-7-21(8-14)9-15-18-13(3)23-19-15/h14H,5-10H2,1-4H3/t14-/m0/s1. The van der Waals surface area contributed by atoms with Crippen molar-refractivity contribution in [2.45, 2.75) is 52.7 Å². The van der Waals surface area contributed by atoms with E-state index in [2.05, 4.69) is 32.0 Å². The van der Waals surface area contributed by atoms with Gasteiger partial charge in [-0.2, -0.15) is 4.98 Å². The first kappa shape index (κ1) is 16.1. The van der Waals surface area contributed by atoms with Gasteiger partial charge >= 0.3 is 0 Å². The molecule has 7 nitrogen and oxygen atoms in total. The van der Waals surface area contributed by atoms with Crippen LogP contribution in [0.3, 0.4) is 0 Å². The molecule has 0 spiro atoms. The Balaban J connectivity index is 1.56. The minimum Gasteiger partial charge on any atom is -0.444 e. The average molecular weight is 319 g/mol. The van der Waals surface area contributed by atoms with Crippen LogP contribution in [0.25, 0.3) is 0 Å². The maximum absolute atomic E-state index is 5.70. The van der Waals surface area contributed by atoms with Gasteiger partial charge in [-0.25, -0.2) is 4.98 Å². The van der Waals surface area contributed by atoms with E-state index in [9.17, 15) is 0 Å². The second kappa shape index (κ2) is 6.80. The zero-order valence-electron chi connectivity index (χ0n) is 14.4. The van der Waals surface area contributed by atoms with Gasteiger partial charge in [0, 0.05) is 19.5 Å². The molecule has 1 fully saturated rings. The molecular weight excluding hydrogens is 294 g/mol. The number of hydrogen-bond donors (Lipinski definition) is 0. The number of likely N-dealkylation sites (N-methyl/N-ethyl adjacent to an activating group) is 1. The largest absolute Gasteiger partial charge is 0.444 e. The molecule has 0 radical (unpaired) electrons. The van der Waals surface area contributed by atoms with Crippen molar-refractivity contribution in [3.8, 4) is 0 Å². The predicted octanol–water partition coefficient (Wildman–Crippen LogP) is 2.08. The van der Waals surface area contributed by atoms with E-state index >= 15 is 0 Å². The van der Waals surface area contributed by atoms with Crippen LogP contribution in [0.15, 0.2) is 8.94 Å². The normalized spacial score (nSPS) is 19.6. The lowest BCUT2D eigenvalue weighted by Gasteiger charge is -2.36. The minimum absolute atomic E-state index is 0.490. The van der Waals surface area contributed by atoms with Crippen LogP contribution in [0.4, 0.5) is 0 Å². The van der Waals surface area contributed by atoms with Gasteiger partial charge in [-0.05, 0) is 40.3 Å². The van der Waals surface area contributed by atoms with Crippen molar-refractivity contribution >= 4 is 0 Å². The molecule has 1 saturated heterocycles. The number of piperidine rings is 1. The smallest absolute Gasteiger partial charge is 0.223 e. The Morgan fingerprint density at radius 3 is 2.74 bits per heavy atom. The highest BCUT2D eigenvalue weighted by Crippen LogP contribution is 2.19. The van der Waals surface area contributed by atoms with Gasteiger partial charge in [0.1, 0.15) is 5.76 Å². The van der Waals surface area contributed by atoms with Crippen molar-refractivity contribution in [3.63, 3.8) is 0 Å². The number of aromatic nitrogens is 3. The second-order valence-electron chi connectivity index (χ2n) is 6.43. The molecule has 126 valence electrons. The fourth-order valence-electron chi connectivity index (χ4n) is 3.09. The summed E-state index contributed by atoms with van der Waals surface area (Å²) in [6.07, 6.45) is 2.37. The fourth-order valence-corrected chi connectivity index (χ4v) is 3.09. The maximum Gasteiger partial charge on any atom is 0.223 e. The molecule has 0 saturated carbocycles. The van der Waals surface area contributed by atoms with Gasteiger partial charge in [-0.15, -0.1) is 0 Å². The molecule has 0 aromatic carbocycles. The summed E-state index contributed by atoms with van der Waals surface area (Å²) in [5.74, 6) is 3.10. The predicted molar refractivity (Wildman–Crippen MR) is 84.8 cm³/mol. The lowest BCUT2D eigenvalue weighted by molar-refractivity contribution is 0.0987. The van der Waals surface area contributed by atoms with E-state index < -0.39 is 0 Å². The summed E-state index contributed by atoms with van der Waals surface area (Å²) in [6.45, 7) is 9.34. The van der Waals surface area contributed by atoms with Gasteiger partial charge < -0.3 is 8.94 Å². The topological polar surface area (TPSA) is 71.4 Å². The van der Waals surface area contributed by atoms with Gasteiger partial charge in [-0.1, -0.05) is 5.16 Å². The van der Waals surface area contributed by atoms with E-state index in [1.165, 1.54) is 12.8 Å². The Hall–Kier alpha value is -1.73. The molecule has 0 N–H and O–H groups in total. The Labute approximate surface area is 136 Å². The minimum atomic E-state index is 0.490. The molecular formula is C16H25N5O2. The van der Waals surface area contributed by atoms with Crippen LogP contribution >= 0.6 is 0 Å². The molecule has 1 aliphatic rings. The van der Waals surface area contributed by atoms with Gasteiger partial charge in [-0.3, -0.25) is 9.80 Å². The fraction of sp³-hybridized carbons (Fsp3) is 0.688. The van der Waals surface area contributed by atoms with Crippen molar-refractivity contribution < 1.29 is 8.94 Å². The summed E-state index contributed by atoms with van der Waals surface area (Å²) in [4.78, 5) is 13.5. The zero-order chi connectivity index (χ0) is 16.4. The number of hydrogen-bond acceptors (Lipinski definition) is 7. The molecule has 0 unspecified atom stereocenters. The van der Waals surface area contributed by atoms with Gasteiger partial charge in [0.25, 0.3) is 0 Å². The van der Waals surface area contributed by atoms with E-state index in [0.717, 1.165) is 49.3 Å². The first-order chi connectivity index (χ1) is 11.0. The lowest BCUT2D eigenvalue weighted by Crippen LogP contribution is -2.45. The molecule has 3 heterocycles. The van der Waals surface area contributed by atoms with Crippen LogP contribution in [0.5, 0.6) is 0 Å². The molecule has 0 aliphatic carbocycles. The van der Waals surface area contributed by atoms with E-state index in [0.29, 0.717) is 11.9 Å². The Bertz CT molecular complexity index is 631. The number of rotatable bonds is 5. The van der Waals surface area contributed by atoms with Crippen molar-refractivity contribution in [1.29, 1.82) is 0 Å². The van der Waals surface area contributed by atoms with E-state index in [-0.39, 0.29) is 0 Å². The van der Waals surface area contributed by atoms with Gasteiger partial charge in [0.05, 0.1) is 18.8 Å². The molecule has 23 heavy (non-hydrogen) atoms. The number of nitrogens with zero attached hydrogens (tertiary/aromatic N) is 5. The van der Waals surface area contributed by atoms with Crippen molar-refractivity contribution in [3.05, 3.63) is 29.1 Å². The molecule has 1 atom stereocenters. The van der Waals surface area contributed by atoms with Crippen LogP contribution in [0.2, 0.25) is 0 Å². The van der Waals surface area contributed by atoms with Crippen molar-refractivity contribution in [2.75, 3.05) is 20.1 Å². The monoisotopic (exact) mass is 319 g/mol. The lowest BCUT2D eigenvalue weighted by atomic mass is 10.0. The SMILES string of the molecule is Cc1nc(CN2CCC[C@H](N(C)Cc3nc(C)c(C)o3)C2)no1. The summed E-state index contributed by atoms with van der Waals surface area (Å²) in [7, 11) is 2.14. The third kappa shape index (κ3) is 3.97. The number of oxazole rings is 1. The van der Waals surface area contributed by atoms with Crippen LogP contribution < -0.4 is 0 Å². The molecule has 0 bridgehead atoms. The molecule has 0 amide bonds. The molecule has 2 aromatic rings. The summed E-state index contributed by atoms with van der Waals surface area (Å²) >= 11 is 0. The van der Waals surface area contributed by atoms with Gasteiger partial charge in [0.2, 0.25) is 11.8 Å². The first-order valence-electron chi connectivity index (χ1n) is 8.16. The second-order valence-corrected chi connectivity index (χ2v) is 6.43. The van der Waals surface area contributed by atoms with E-state index in [1.54, 1.807) is 0 Å². The molecule has 2 aromatic heterocycles. The van der Waals surface area contributed by atoms with Crippen molar-refractivity contribution in [2.24, 2.45) is 0 Å². The van der Waals surface area contributed by atoms with Crippen LogP contribution in [-0.4, -0.2) is 51.1 Å². The zero-order valence-corrected chi connectivity index (χ0v) is 14.4. The highest BCUT2D eigenvalue weighted by atomic mass is 16.5. The summed E-state index contributed by atoms with van der Waals surface area (Å²) in [5.41, 5.74) is 0.978. The Morgan fingerprint density at radius 1 is 1.26 bits per heavy atom. The number of aryl methyl sites for hydroxylation is 3. The van der Waals surface area contributed by atoms with E-state index in [4.69, 9.17) is 8.94 Å². The highest BCUT2D eigenvalue weighted by molar-refractivity contribution is 5.05. The van der Waals surface area contributed by atoms with Crippen LogP contribution in [-0.2, 0) is 13.1 Å².